The van der Waals surface area contributed by atoms with E-state index in [9.17, 15) is 4.79 Å². The lowest BCUT2D eigenvalue weighted by atomic mass is 10.1. The second-order valence-electron chi connectivity index (χ2n) is 4.89. The van der Waals surface area contributed by atoms with Crippen LogP contribution in [0, 0.1) is 0 Å². The van der Waals surface area contributed by atoms with Gasteiger partial charge in [0.2, 0.25) is 0 Å². The number of carbonyl (C=O) groups excluding carboxylic acids is 1. The lowest BCUT2D eigenvalue weighted by Crippen LogP contribution is -2.51. The van der Waals surface area contributed by atoms with Crippen LogP contribution < -0.4 is 5.32 Å². The highest BCUT2D eigenvalue weighted by molar-refractivity contribution is 5.68. The molecule has 1 heterocycles. The Labute approximate surface area is 103 Å². The van der Waals surface area contributed by atoms with Crippen LogP contribution in [-0.2, 0) is 19.0 Å². The van der Waals surface area contributed by atoms with Crippen LogP contribution in [0.3, 0.4) is 0 Å². The maximum Gasteiger partial charge on any atom is 0.305 e. The van der Waals surface area contributed by atoms with Crippen molar-refractivity contribution < 1.29 is 19.0 Å². The average Bonchev–Trinajstić information content (AvgIpc) is 2.27. The van der Waals surface area contributed by atoms with Crippen molar-refractivity contribution in [1.29, 1.82) is 0 Å². The number of morpholine rings is 1. The van der Waals surface area contributed by atoms with Gasteiger partial charge in [-0.2, -0.15) is 0 Å². The molecule has 0 saturated carbocycles. The van der Waals surface area contributed by atoms with E-state index in [0.717, 1.165) is 13.1 Å². The second kappa shape index (κ2) is 6.93. The number of ether oxygens (including phenoxy) is 3. The maximum atomic E-state index is 10.8. The van der Waals surface area contributed by atoms with Crippen LogP contribution in [0.1, 0.15) is 26.7 Å². The van der Waals surface area contributed by atoms with Crippen molar-refractivity contribution in [2.24, 2.45) is 0 Å². The summed E-state index contributed by atoms with van der Waals surface area (Å²) in [6, 6.07) is 0. The fraction of sp³-hybridized carbons (Fsp3) is 0.917. The first-order valence-electron chi connectivity index (χ1n) is 6.06. The monoisotopic (exact) mass is 245 g/mol. The maximum absolute atomic E-state index is 10.8. The van der Waals surface area contributed by atoms with Crippen molar-refractivity contribution in [2.45, 2.75) is 38.4 Å². The molecule has 1 saturated heterocycles. The molecular weight excluding hydrogens is 222 g/mol. The number of carbonyl (C=O) groups is 1. The van der Waals surface area contributed by atoms with Gasteiger partial charge in [0.15, 0.2) is 0 Å². The summed E-state index contributed by atoms with van der Waals surface area (Å²) in [4.78, 5) is 10.8. The van der Waals surface area contributed by atoms with E-state index in [2.05, 4.69) is 23.9 Å². The van der Waals surface area contributed by atoms with Crippen molar-refractivity contribution in [3.05, 3.63) is 0 Å². The van der Waals surface area contributed by atoms with Crippen molar-refractivity contribution in [3.63, 3.8) is 0 Å². The Morgan fingerprint density at radius 2 is 2.29 bits per heavy atom. The highest BCUT2D eigenvalue weighted by Crippen LogP contribution is 2.15. The molecule has 100 valence electrons. The van der Waals surface area contributed by atoms with Crippen molar-refractivity contribution in [3.8, 4) is 0 Å². The van der Waals surface area contributed by atoms with Gasteiger partial charge < -0.3 is 19.5 Å². The zero-order chi connectivity index (χ0) is 12.7. The summed E-state index contributed by atoms with van der Waals surface area (Å²) in [5, 5.41) is 3.31. The molecule has 1 N–H and O–H groups in total. The number of rotatable bonds is 6. The Hall–Kier alpha value is -0.650. The molecule has 17 heavy (non-hydrogen) atoms. The smallest absolute Gasteiger partial charge is 0.305 e. The lowest BCUT2D eigenvalue weighted by molar-refractivity contribution is -0.141. The molecule has 0 aromatic rings. The SMILES string of the molecule is COC(=O)CCCOCC1CNCC(C)(C)O1. The van der Waals surface area contributed by atoms with Crippen LogP contribution in [0.15, 0.2) is 0 Å². The van der Waals surface area contributed by atoms with Gasteiger partial charge in [-0.15, -0.1) is 0 Å². The summed E-state index contributed by atoms with van der Waals surface area (Å²) in [5.74, 6) is -0.190. The third kappa shape index (κ3) is 6.00. The minimum absolute atomic E-state index is 0.0943. The van der Waals surface area contributed by atoms with E-state index in [-0.39, 0.29) is 17.7 Å². The Morgan fingerprint density at radius 1 is 1.53 bits per heavy atom. The molecule has 1 aliphatic heterocycles. The van der Waals surface area contributed by atoms with Gasteiger partial charge in [0.05, 0.1) is 25.4 Å². The molecular formula is C12H23NO4. The molecule has 1 unspecified atom stereocenters. The Bertz CT molecular complexity index is 243. The van der Waals surface area contributed by atoms with Crippen LogP contribution in [0.25, 0.3) is 0 Å². The van der Waals surface area contributed by atoms with Gasteiger partial charge in [-0.1, -0.05) is 0 Å². The predicted octanol–water partition coefficient (Wildman–Crippen LogP) is 0.723. The lowest BCUT2D eigenvalue weighted by Gasteiger charge is -2.36. The van der Waals surface area contributed by atoms with Crippen molar-refractivity contribution in [1.82, 2.24) is 5.32 Å². The summed E-state index contributed by atoms with van der Waals surface area (Å²) >= 11 is 0. The Kier molecular flexibility index (Phi) is 5.88. The number of nitrogens with one attached hydrogen (secondary N) is 1. The van der Waals surface area contributed by atoms with E-state index in [1.165, 1.54) is 7.11 Å². The topological polar surface area (TPSA) is 56.8 Å². The highest BCUT2D eigenvalue weighted by atomic mass is 16.5. The third-order valence-corrected chi connectivity index (χ3v) is 2.61. The van der Waals surface area contributed by atoms with Gasteiger partial charge in [-0.3, -0.25) is 4.79 Å². The van der Waals surface area contributed by atoms with Gasteiger partial charge in [-0.25, -0.2) is 0 Å². The first kappa shape index (κ1) is 14.4. The molecule has 1 aliphatic rings. The van der Waals surface area contributed by atoms with Crippen molar-refractivity contribution >= 4 is 5.97 Å². The molecule has 0 aromatic heterocycles. The van der Waals surface area contributed by atoms with Gasteiger partial charge >= 0.3 is 5.97 Å². The summed E-state index contributed by atoms with van der Waals surface area (Å²) in [5.41, 5.74) is -0.127. The molecule has 0 spiro atoms. The fourth-order valence-corrected chi connectivity index (χ4v) is 1.80. The first-order chi connectivity index (χ1) is 8.03. The zero-order valence-electron chi connectivity index (χ0n) is 11.0. The van der Waals surface area contributed by atoms with E-state index < -0.39 is 0 Å². The van der Waals surface area contributed by atoms with E-state index in [1.807, 2.05) is 0 Å². The molecule has 1 rings (SSSR count). The molecule has 0 aliphatic carbocycles. The Balaban J connectivity index is 2.04. The second-order valence-corrected chi connectivity index (χ2v) is 4.89. The number of hydrogen-bond donors (Lipinski definition) is 1. The van der Waals surface area contributed by atoms with Gasteiger partial charge in [0, 0.05) is 26.1 Å². The van der Waals surface area contributed by atoms with Crippen LogP contribution in [0.4, 0.5) is 0 Å². The molecule has 0 amide bonds. The molecule has 0 aromatic carbocycles. The van der Waals surface area contributed by atoms with Gasteiger partial charge in [0.1, 0.15) is 0 Å². The molecule has 1 fully saturated rings. The van der Waals surface area contributed by atoms with Gasteiger partial charge in [-0.05, 0) is 20.3 Å². The van der Waals surface area contributed by atoms with Crippen LogP contribution in [0.5, 0.6) is 0 Å². The summed E-state index contributed by atoms with van der Waals surface area (Å²) in [7, 11) is 1.40. The third-order valence-electron chi connectivity index (χ3n) is 2.61. The molecule has 5 heteroatoms. The number of esters is 1. The van der Waals surface area contributed by atoms with E-state index in [1.54, 1.807) is 0 Å². The Morgan fingerprint density at radius 3 is 2.94 bits per heavy atom. The highest BCUT2D eigenvalue weighted by Gasteiger charge is 2.28. The minimum atomic E-state index is -0.190. The quantitative estimate of drug-likeness (QED) is 0.552. The number of methoxy groups -OCH3 is 1. The van der Waals surface area contributed by atoms with E-state index >= 15 is 0 Å². The molecule has 5 nitrogen and oxygen atoms in total. The number of hydrogen-bond acceptors (Lipinski definition) is 5. The average molecular weight is 245 g/mol. The van der Waals surface area contributed by atoms with Crippen LogP contribution in [0.2, 0.25) is 0 Å². The summed E-state index contributed by atoms with van der Waals surface area (Å²) < 4.78 is 15.9. The van der Waals surface area contributed by atoms with E-state index in [4.69, 9.17) is 9.47 Å². The van der Waals surface area contributed by atoms with Crippen LogP contribution in [-0.4, -0.2) is 51.1 Å². The van der Waals surface area contributed by atoms with Crippen LogP contribution >= 0.6 is 0 Å². The zero-order valence-corrected chi connectivity index (χ0v) is 11.0. The van der Waals surface area contributed by atoms with Gasteiger partial charge in [0.25, 0.3) is 0 Å². The van der Waals surface area contributed by atoms with E-state index in [0.29, 0.717) is 26.1 Å². The summed E-state index contributed by atoms with van der Waals surface area (Å²) in [6.45, 7) is 6.94. The first-order valence-corrected chi connectivity index (χ1v) is 6.06. The summed E-state index contributed by atoms with van der Waals surface area (Å²) in [6.07, 6.45) is 1.19. The fourth-order valence-electron chi connectivity index (χ4n) is 1.80. The molecule has 1 atom stereocenters. The predicted molar refractivity (Wildman–Crippen MR) is 63.9 cm³/mol. The minimum Gasteiger partial charge on any atom is -0.469 e. The molecule has 0 bridgehead atoms. The molecule has 0 radical (unpaired) electrons. The van der Waals surface area contributed by atoms with Crippen molar-refractivity contribution in [2.75, 3.05) is 33.4 Å². The normalized spacial score (nSPS) is 23.4. The standard InChI is InChI=1S/C12H23NO4/c1-12(2)9-13-7-10(17-12)8-16-6-4-5-11(14)15-3/h10,13H,4-9H2,1-3H3. The largest absolute Gasteiger partial charge is 0.469 e.